The van der Waals surface area contributed by atoms with Crippen LogP contribution in [0.4, 0.5) is 5.69 Å². The average molecular weight is 263 g/mol. The van der Waals surface area contributed by atoms with E-state index < -0.39 is 0 Å². The van der Waals surface area contributed by atoms with Crippen LogP contribution in [-0.2, 0) is 9.47 Å². The van der Waals surface area contributed by atoms with Crippen LogP contribution in [0, 0.1) is 0 Å². The Morgan fingerprint density at radius 2 is 2.21 bits per heavy atom. The van der Waals surface area contributed by atoms with Crippen molar-refractivity contribution in [1.29, 1.82) is 0 Å². The molecule has 0 bridgehead atoms. The van der Waals surface area contributed by atoms with Gasteiger partial charge in [0.15, 0.2) is 0 Å². The quantitative estimate of drug-likeness (QED) is 0.830. The van der Waals surface area contributed by atoms with E-state index in [9.17, 15) is 4.79 Å². The van der Waals surface area contributed by atoms with Crippen molar-refractivity contribution in [2.45, 2.75) is 38.9 Å². The molecule has 2 unspecified atom stereocenters. The molecule has 0 amide bonds. The van der Waals surface area contributed by atoms with Crippen LogP contribution in [0.25, 0.3) is 0 Å². The molecule has 2 atom stereocenters. The SMILES string of the molecule is CCOC(=O)c1ccccc1NCC1CCC(C)O1. The number of anilines is 1. The Bertz CT molecular complexity index is 433. The molecule has 0 radical (unpaired) electrons. The van der Waals surface area contributed by atoms with Crippen molar-refractivity contribution in [1.82, 2.24) is 0 Å². The third kappa shape index (κ3) is 3.70. The zero-order chi connectivity index (χ0) is 13.7. The monoisotopic (exact) mass is 263 g/mol. The van der Waals surface area contributed by atoms with E-state index >= 15 is 0 Å². The summed E-state index contributed by atoms with van der Waals surface area (Å²) in [6.07, 6.45) is 2.74. The van der Waals surface area contributed by atoms with Crippen molar-refractivity contribution in [3.8, 4) is 0 Å². The van der Waals surface area contributed by atoms with E-state index in [-0.39, 0.29) is 12.1 Å². The number of para-hydroxylation sites is 1. The second-order valence-electron chi connectivity index (χ2n) is 4.79. The lowest BCUT2D eigenvalue weighted by Crippen LogP contribution is -2.21. The fourth-order valence-electron chi connectivity index (χ4n) is 2.28. The van der Waals surface area contributed by atoms with Gasteiger partial charge in [-0.25, -0.2) is 4.79 Å². The van der Waals surface area contributed by atoms with E-state index in [4.69, 9.17) is 9.47 Å². The van der Waals surface area contributed by atoms with Gasteiger partial charge in [-0.15, -0.1) is 0 Å². The van der Waals surface area contributed by atoms with Gasteiger partial charge in [0.05, 0.1) is 24.4 Å². The first-order chi connectivity index (χ1) is 9.20. The highest BCUT2D eigenvalue weighted by Crippen LogP contribution is 2.21. The maximum absolute atomic E-state index is 11.8. The van der Waals surface area contributed by atoms with Gasteiger partial charge in [-0.3, -0.25) is 0 Å². The summed E-state index contributed by atoms with van der Waals surface area (Å²) in [5, 5.41) is 3.29. The molecule has 2 rings (SSSR count). The summed E-state index contributed by atoms with van der Waals surface area (Å²) in [5.74, 6) is -0.286. The lowest BCUT2D eigenvalue weighted by molar-refractivity contribution is 0.0525. The van der Waals surface area contributed by atoms with Gasteiger partial charge in [-0.1, -0.05) is 12.1 Å². The lowest BCUT2D eigenvalue weighted by atomic mass is 10.1. The third-order valence-corrected chi connectivity index (χ3v) is 3.26. The highest BCUT2D eigenvalue weighted by molar-refractivity contribution is 5.95. The van der Waals surface area contributed by atoms with Gasteiger partial charge in [0.1, 0.15) is 0 Å². The Morgan fingerprint density at radius 3 is 2.89 bits per heavy atom. The van der Waals surface area contributed by atoms with E-state index in [1.807, 2.05) is 25.1 Å². The summed E-state index contributed by atoms with van der Waals surface area (Å²) in [5.41, 5.74) is 1.39. The Balaban J connectivity index is 1.97. The standard InChI is InChI=1S/C15H21NO3/c1-3-18-15(17)13-6-4-5-7-14(13)16-10-12-9-8-11(2)19-12/h4-7,11-12,16H,3,8-10H2,1-2H3. The number of benzene rings is 1. The predicted molar refractivity (Wildman–Crippen MR) is 74.5 cm³/mol. The Labute approximate surface area is 114 Å². The molecule has 1 fully saturated rings. The lowest BCUT2D eigenvalue weighted by Gasteiger charge is -2.15. The van der Waals surface area contributed by atoms with Gasteiger partial charge in [0.2, 0.25) is 0 Å². The summed E-state index contributed by atoms with van der Waals surface area (Å²) in [6.45, 7) is 5.01. The molecule has 1 aromatic carbocycles. The zero-order valence-electron chi connectivity index (χ0n) is 11.5. The molecule has 1 saturated heterocycles. The summed E-state index contributed by atoms with van der Waals surface area (Å²) < 4.78 is 10.8. The van der Waals surface area contributed by atoms with Crippen molar-refractivity contribution in [3.63, 3.8) is 0 Å². The van der Waals surface area contributed by atoms with Crippen LogP contribution in [0.15, 0.2) is 24.3 Å². The Kier molecular flexibility index (Phi) is 4.80. The summed E-state index contributed by atoms with van der Waals surface area (Å²) >= 11 is 0. The number of rotatable bonds is 5. The number of carbonyl (C=O) groups is 1. The van der Waals surface area contributed by atoms with Crippen LogP contribution >= 0.6 is 0 Å². The molecule has 104 valence electrons. The van der Waals surface area contributed by atoms with Crippen molar-refractivity contribution >= 4 is 11.7 Å². The molecule has 1 aliphatic rings. The van der Waals surface area contributed by atoms with Crippen molar-refractivity contribution < 1.29 is 14.3 Å². The number of carbonyl (C=O) groups excluding carboxylic acids is 1. The fraction of sp³-hybridized carbons (Fsp3) is 0.533. The average Bonchev–Trinajstić information content (AvgIpc) is 2.83. The normalized spacial score (nSPS) is 22.2. The molecule has 1 heterocycles. The smallest absolute Gasteiger partial charge is 0.340 e. The highest BCUT2D eigenvalue weighted by Gasteiger charge is 2.22. The van der Waals surface area contributed by atoms with Gasteiger partial charge >= 0.3 is 5.97 Å². The second kappa shape index (κ2) is 6.57. The van der Waals surface area contributed by atoms with Gasteiger partial charge in [-0.05, 0) is 38.8 Å². The molecule has 0 aromatic heterocycles. The van der Waals surface area contributed by atoms with Crippen LogP contribution < -0.4 is 5.32 Å². The number of hydrogen-bond acceptors (Lipinski definition) is 4. The summed E-state index contributed by atoms with van der Waals surface area (Å²) in [6, 6.07) is 7.41. The first-order valence-corrected chi connectivity index (χ1v) is 6.86. The maximum Gasteiger partial charge on any atom is 0.340 e. The third-order valence-electron chi connectivity index (χ3n) is 3.26. The largest absolute Gasteiger partial charge is 0.462 e. The summed E-state index contributed by atoms with van der Waals surface area (Å²) in [7, 11) is 0. The fourth-order valence-corrected chi connectivity index (χ4v) is 2.28. The van der Waals surface area contributed by atoms with E-state index in [0.717, 1.165) is 25.1 Å². The molecule has 0 spiro atoms. The van der Waals surface area contributed by atoms with Crippen molar-refractivity contribution in [3.05, 3.63) is 29.8 Å². The molecule has 1 aliphatic heterocycles. The number of esters is 1. The van der Waals surface area contributed by atoms with Crippen LogP contribution in [0.2, 0.25) is 0 Å². The molecule has 1 N–H and O–H groups in total. The minimum atomic E-state index is -0.286. The van der Waals surface area contributed by atoms with Gasteiger partial charge < -0.3 is 14.8 Å². The first kappa shape index (κ1) is 13.9. The van der Waals surface area contributed by atoms with Crippen LogP contribution in [0.1, 0.15) is 37.0 Å². The predicted octanol–water partition coefficient (Wildman–Crippen LogP) is 2.84. The van der Waals surface area contributed by atoms with Gasteiger partial charge in [0, 0.05) is 12.2 Å². The van der Waals surface area contributed by atoms with E-state index in [1.165, 1.54) is 0 Å². The van der Waals surface area contributed by atoms with E-state index in [2.05, 4.69) is 12.2 Å². The maximum atomic E-state index is 11.8. The molecular weight excluding hydrogens is 242 g/mol. The molecule has 0 aliphatic carbocycles. The minimum Gasteiger partial charge on any atom is -0.462 e. The number of nitrogens with one attached hydrogen (secondary N) is 1. The van der Waals surface area contributed by atoms with E-state index in [0.29, 0.717) is 18.3 Å². The van der Waals surface area contributed by atoms with Crippen LogP contribution in [0.3, 0.4) is 0 Å². The molecule has 0 saturated carbocycles. The zero-order valence-corrected chi connectivity index (χ0v) is 11.5. The number of ether oxygens (including phenoxy) is 2. The van der Waals surface area contributed by atoms with Gasteiger partial charge in [0.25, 0.3) is 0 Å². The molecule has 19 heavy (non-hydrogen) atoms. The first-order valence-electron chi connectivity index (χ1n) is 6.86. The summed E-state index contributed by atoms with van der Waals surface area (Å²) in [4.78, 5) is 11.8. The minimum absolute atomic E-state index is 0.227. The number of hydrogen-bond donors (Lipinski definition) is 1. The van der Waals surface area contributed by atoms with E-state index in [1.54, 1.807) is 6.07 Å². The van der Waals surface area contributed by atoms with Crippen molar-refractivity contribution in [2.24, 2.45) is 0 Å². The van der Waals surface area contributed by atoms with Crippen LogP contribution in [0.5, 0.6) is 0 Å². The second-order valence-corrected chi connectivity index (χ2v) is 4.79. The molecular formula is C15H21NO3. The molecule has 4 heteroatoms. The Morgan fingerprint density at radius 1 is 1.42 bits per heavy atom. The Hall–Kier alpha value is -1.55. The van der Waals surface area contributed by atoms with Crippen LogP contribution in [-0.4, -0.2) is 31.3 Å². The van der Waals surface area contributed by atoms with Crippen molar-refractivity contribution in [2.75, 3.05) is 18.5 Å². The highest BCUT2D eigenvalue weighted by atomic mass is 16.5. The molecule has 4 nitrogen and oxygen atoms in total. The molecule has 1 aromatic rings. The van der Waals surface area contributed by atoms with Gasteiger partial charge in [-0.2, -0.15) is 0 Å². The topological polar surface area (TPSA) is 47.6 Å².